The summed E-state index contributed by atoms with van der Waals surface area (Å²) in [6, 6.07) is 0.251. The molecule has 2 aliphatic rings. The highest BCUT2D eigenvalue weighted by molar-refractivity contribution is 5.68. The van der Waals surface area contributed by atoms with Crippen LogP contribution in [0.5, 0.6) is 0 Å². The van der Waals surface area contributed by atoms with Crippen LogP contribution in [0.3, 0.4) is 0 Å². The maximum Gasteiger partial charge on any atom is 0.410 e. The van der Waals surface area contributed by atoms with Crippen molar-refractivity contribution in [3.8, 4) is 0 Å². The van der Waals surface area contributed by atoms with Crippen molar-refractivity contribution in [3.63, 3.8) is 0 Å². The Bertz CT molecular complexity index is 418. The van der Waals surface area contributed by atoms with Gasteiger partial charge in [-0.05, 0) is 58.3 Å². The Morgan fingerprint density at radius 3 is 2.43 bits per heavy atom. The highest BCUT2D eigenvalue weighted by Crippen LogP contribution is 2.39. The first-order chi connectivity index (χ1) is 10.5. The van der Waals surface area contributed by atoms with E-state index in [4.69, 9.17) is 4.74 Å². The fourth-order valence-corrected chi connectivity index (χ4v) is 3.32. The van der Waals surface area contributed by atoms with Gasteiger partial charge in [0, 0.05) is 25.7 Å². The third-order valence-corrected chi connectivity index (χ3v) is 5.09. The van der Waals surface area contributed by atoms with Gasteiger partial charge in [0.1, 0.15) is 5.60 Å². The van der Waals surface area contributed by atoms with Gasteiger partial charge in [0.25, 0.3) is 0 Å². The van der Waals surface area contributed by atoms with Crippen LogP contribution in [0.2, 0.25) is 0 Å². The number of aliphatic hydroxyl groups is 1. The Hall–Kier alpha value is -0.810. The van der Waals surface area contributed by atoms with Crippen LogP contribution in [0.1, 0.15) is 66.7 Å². The third-order valence-electron chi connectivity index (χ3n) is 5.09. The molecule has 0 aromatic rings. The number of carbonyl (C=O) groups excluding carboxylic acids is 1. The summed E-state index contributed by atoms with van der Waals surface area (Å²) in [7, 11) is 0. The molecule has 0 aromatic carbocycles. The van der Waals surface area contributed by atoms with E-state index in [-0.39, 0.29) is 12.1 Å². The zero-order valence-electron chi connectivity index (χ0n) is 15.4. The van der Waals surface area contributed by atoms with E-state index in [0.717, 1.165) is 38.6 Å². The summed E-state index contributed by atoms with van der Waals surface area (Å²) >= 11 is 0. The van der Waals surface area contributed by atoms with Crippen molar-refractivity contribution in [3.05, 3.63) is 0 Å². The number of nitrogens with zero attached hydrogens (tertiary/aromatic N) is 1. The molecule has 2 rings (SSSR count). The third kappa shape index (κ3) is 5.64. The summed E-state index contributed by atoms with van der Waals surface area (Å²) in [5, 5.41) is 14.2. The van der Waals surface area contributed by atoms with Crippen molar-refractivity contribution < 1.29 is 14.6 Å². The molecule has 134 valence electrons. The molecule has 1 amide bonds. The fourth-order valence-electron chi connectivity index (χ4n) is 3.32. The molecule has 2 fully saturated rings. The second-order valence-corrected chi connectivity index (χ2v) is 9.18. The molecule has 5 heteroatoms. The maximum atomic E-state index is 12.1. The smallest absolute Gasteiger partial charge is 0.410 e. The number of amides is 1. The van der Waals surface area contributed by atoms with Crippen molar-refractivity contribution in [2.24, 2.45) is 5.41 Å². The highest BCUT2D eigenvalue weighted by Gasteiger charge is 2.37. The number of likely N-dealkylation sites (tertiary alicyclic amines) is 1. The number of carbonyl (C=O) groups is 1. The number of rotatable bonds is 3. The zero-order chi connectivity index (χ0) is 17.3. The summed E-state index contributed by atoms with van der Waals surface area (Å²) in [4.78, 5) is 13.8. The molecule has 1 aliphatic carbocycles. The topological polar surface area (TPSA) is 61.8 Å². The van der Waals surface area contributed by atoms with Gasteiger partial charge in [-0.3, -0.25) is 0 Å². The molecule has 0 aromatic heterocycles. The molecular weight excluding hydrogens is 292 g/mol. The van der Waals surface area contributed by atoms with E-state index < -0.39 is 11.2 Å². The maximum absolute atomic E-state index is 12.1. The van der Waals surface area contributed by atoms with Crippen LogP contribution in [0, 0.1) is 5.41 Å². The molecule has 1 atom stereocenters. The molecule has 2 N–H and O–H groups in total. The number of nitrogens with one attached hydrogen (secondary N) is 1. The SMILES string of the molecule is CC1(C)CCC(O)(CNC2CCN(C(=O)OC(C)(C)C)C2)CC1. The van der Waals surface area contributed by atoms with E-state index in [2.05, 4.69) is 19.2 Å². The van der Waals surface area contributed by atoms with Crippen LogP contribution in [0.15, 0.2) is 0 Å². The first-order valence-electron chi connectivity index (χ1n) is 8.92. The molecule has 1 saturated carbocycles. The van der Waals surface area contributed by atoms with E-state index in [1.807, 2.05) is 20.8 Å². The number of hydrogen-bond acceptors (Lipinski definition) is 4. The van der Waals surface area contributed by atoms with Crippen LogP contribution in [0.4, 0.5) is 4.79 Å². The summed E-state index contributed by atoms with van der Waals surface area (Å²) in [5.74, 6) is 0. The largest absolute Gasteiger partial charge is 0.444 e. The lowest BCUT2D eigenvalue weighted by atomic mass is 9.71. The average molecular weight is 326 g/mol. The molecule has 23 heavy (non-hydrogen) atoms. The van der Waals surface area contributed by atoms with Gasteiger partial charge >= 0.3 is 6.09 Å². The van der Waals surface area contributed by atoms with Crippen molar-refractivity contribution in [1.82, 2.24) is 10.2 Å². The normalized spacial score (nSPS) is 27.0. The molecule has 1 saturated heterocycles. The van der Waals surface area contributed by atoms with Crippen LogP contribution < -0.4 is 5.32 Å². The lowest BCUT2D eigenvalue weighted by Gasteiger charge is -2.40. The standard InChI is InChI=1S/C18H34N2O3/c1-16(2,3)23-15(21)20-11-6-14(12-20)19-13-18(22)9-7-17(4,5)8-10-18/h14,19,22H,6-13H2,1-5H3. The molecule has 0 bridgehead atoms. The second-order valence-electron chi connectivity index (χ2n) is 9.18. The summed E-state index contributed by atoms with van der Waals surface area (Å²) in [6.45, 7) is 12.2. The molecule has 1 unspecified atom stereocenters. The van der Waals surface area contributed by atoms with Crippen molar-refractivity contribution in [1.29, 1.82) is 0 Å². The van der Waals surface area contributed by atoms with Gasteiger partial charge in [-0.2, -0.15) is 0 Å². The van der Waals surface area contributed by atoms with Crippen molar-refractivity contribution in [2.75, 3.05) is 19.6 Å². The van der Waals surface area contributed by atoms with Gasteiger partial charge in [-0.1, -0.05) is 13.8 Å². The second kappa shape index (κ2) is 6.60. The van der Waals surface area contributed by atoms with Gasteiger partial charge in [0.15, 0.2) is 0 Å². The van der Waals surface area contributed by atoms with E-state index in [9.17, 15) is 9.90 Å². The highest BCUT2D eigenvalue weighted by atomic mass is 16.6. The predicted octanol–water partition coefficient (Wildman–Crippen LogP) is 2.92. The Kier molecular flexibility index (Phi) is 5.31. The number of hydrogen-bond donors (Lipinski definition) is 2. The molecular formula is C18H34N2O3. The van der Waals surface area contributed by atoms with E-state index in [1.54, 1.807) is 4.90 Å². The Labute approximate surface area is 140 Å². The number of ether oxygens (including phenoxy) is 1. The van der Waals surface area contributed by atoms with E-state index >= 15 is 0 Å². The van der Waals surface area contributed by atoms with Crippen LogP contribution in [-0.4, -0.2) is 53.0 Å². The first kappa shape index (κ1) is 18.5. The van der Waals surface area contributed by atoms with Crippen LogP contribution >= 0.6 is 0 Å². The summed E-state index contributed by atoms with van der Waals surface area (Å²) in [6.07, 6.45) is 4.53. The van der Waals surface area contributed by atoms with Crippen LogP contribution in [-0.2, 0) is 4.74 Å². The zero-order valence-corrected chi connectivity index (χ0v) is 15.4. The quantitative estimate of drug-likeness (QED) is 0.837. The Morgan fingerprint density at radius 1 is 1.26 bits per heavy atom. The minimum Gasteiger partial charge on any atom is -0.444 e. The van der Waals surface area contributed by atoms with E-state index in [0.29, 0.717) is 18.5 Å². The molecule has 5 nitrogen and oxygen atoms in total. The fraction of sp³-hybridized carbons (Fsp3) is 0.944. The van der Waals surface area contributed by atoms with Gasteiger partial charge in [-0.25, -0.2) is 4.79 Å². The summed E-state index contributed by atoms with van der Waals surface area (Å²) < 4.78 is 5.42. The van der Waals surface area contributed by atoms with Gasteiger partial charge in [0.05, 0.1) is 5.60 Å². The molecule has 1 aliphatic heterocycles. The Morgan fingerprint density at radius 2 is 1.87 bits per heavy atom. The van der Waals surface area contributed by atoms with Gasteiger partial charge in [0.2, 0.25) is 0 Å². The predicted molar refractivity (Wildman–Crippen MR) is 91.4 cm³/mol. The molecule has 1 heterocycles. The summed E-state index contributed by atoms with van der Waals surface area (Å²) in [5.41, 5.74) is -0.686. The van der Waals surface area contributed by atoms with Crippen molar-refractivity contribution >= 4 is 6.09 Å². The molecule has 0 spiro atoms. The first-order valence-corrected chi connectivity index (χ1v) is 8.92. The lowest BCUT2D eigenvalue weighted by molar-refractivity contribution is -0.0259. The molecule has 0 radical (unpaired) electrons. The average Bonchev–Trinajstić information content (AvgIpc) is 2.88. The van der Waals surface area contributed by atoms with Gasteiger partial charge in [-0.15, -0.1) is 0 Å². The van der Waals surface area contributed by atoms with E-state index in [1.165, 1.54) is 0 Å². The van der Waals surface area contributed by atoms with Crippen molar-refractivity contribution in [2.45, 2.75) is 84.0 Å². The minimum atomic E-state index is -0.588. The Balaban J connectivity index is 1.75. The lowest BCUT2D eigenvalue weighted by Crippen LogP contribution is -2.48. The van der Waals surface area contributed by atoms with Crippen LogP contribution in [0.25, 0.3) is 0 Å². The van der Waals surface area contributed by atoms with Gasteiger partial charge < -0.3 is 20.1 Å². The minimum absolute atomic E-state index is 0.236. The monoisotopic (exact) mass is 326 g/mol.